The molecule has 3 rings (SSSR count). The number of carbonyl (C=O) groups is 1. The first-order chi connectivity index (χ1) is 11.8. The smallest absolute Gasteiger partial charge is 0.254 e. The Morgan fingerprint density at radius 1 is 1.25 bits per heavy atom. The number of rotatable bonds is 1. The molecule has 2 atom stereocenters. The monoisotopic (exact) mass is 332 g/mol. The Kier molecular flexibility index (Phi) is 6.10. The number of hydrogen-bond donors (Lipinski definition) is 1. The standard InChI is InChI=1S/C19H28N2O3/c1-23-18-8-11-21-14-16(18)5-2-3-9-20-10-12-24-17-7-4-6-15(13-17)19(21)22/h4,6-7,13,16,18,20H,2-3,5,8-12,14H2,1H3/t16-,18+/m1/s1. The predicted molar refractivity (Wildman–Crippen MR) is 93.5 cm³/mol. The first kappa shape index (κ1) is 17.2. The lowest BCUT2D eigenvalue weighted by Gasteiger charge is -2.38. The third-order valence-corrected chi connectivity index (χ3v) is 5.06. The van der Waals surface area contributed by atoms with Crippen LogP contribution in [0.4, 0.5) is 0 Å². The summed E-state index contributed by atoms with van der Waals surface area (Å²) in [5.41, 5.74) is 0.713. The summed E-state index contributed by atoms with van der Waals surface area (Å²) in [4.78, 5) is 14.9. The van der Waals surface area contributed by atoms with E-state index < -0.39 is 0 Å². The molecule has 1 N–H and O–H groups in total. The van der Waals surface area contributed by atoms with E-state index in [1.54, 1.807) is 7.11 Å². The van der Waals surface area contributed by atoms with Gasteiger partial charge in [0.05, 0.1) is 6.10 Å². The first-order valence-electron chi connectivity index (χ1n) is 9.03. The largest absolute Gasteiger partial charge is 0.492 e. The van der Waals surface area contributed by atoms with Gasteiger partial charge in [0.2, 0.25) is 0 Å². The van der Waals surface area contributed by atoms with E-state index in [2.05, 4.69) is 5.32 Å². The maximum Gasteiger partial charge on any atom is 0.254 e. The Morgan fingerprint density at radius 2 is 2.17 bits per heavy atom. The van der Waals surface area contributed by atoms with Crippen molar-refractivity contribution < 1.29 is 14.3 Å². The fraction of sp³-hybridized carbons (Fsp3) is 0.632. The highest BCUT2D eigenvalue weighted by molar-refractivity contribution is 5.94. The van der Waals surface area contributed by atoms with Crippen LogP contribution in [0.1, 0.15) is 36.0 Å². The number of piperidine rings is 1. The second kappa shape index (κ2) is 8.49. The zero-order valence-corrected chi connectivity index (χ0v) is 14.5. The number of carbonyl (C=O) groups excluding carboxylic acids is 1. The van der Waals surface area contributed by atoms with E-state index in [-0.39, 0.29) is 12.0 Å². The molecule has 24 heavy (non-hydrogen) atoms. The quantitative estimate of drug-likeness (QED) is 0.857. The van der Waals surface area contributed by atoms with Gasteiger partial charge in [-0.2, -0.15) is 0 Å². The van der Waals surface area contributed by atoms with Crippen LogP contribution in [0.5, 0.6) is 5.75 Å². The van der Waals surface area contributed by atoms with E-state index in [0.717, 1.165) is 57.6 Å². The van der Waals surface area contributed by atoms with Crippen LogP contribution in [0.2, 0.25) is 0 Å². The van der Waals surface area contributed by atoms with Crippen LogP contribution in [-0.2, 0) is 4.74 Å². The summed E-state index contributed by atoms with van der Waals surface area (Å²) in [5, 5.41) is 3.42. The molecule has 1 saturated heterocycles. The summed E-state index contributed by atoms with van der Waals surface area (Å²) < 4.78 is 11.4. The zero-order valence-electron chi connectivity index (χ0n) is 14.5. The van der Waals surface area contributed by atoms with Crippen LogP contribution in [0, 0.1) is 5.92 Å². The summed E-state index contributed by atoms with van der Waals surface area (Å²) in [5.74, 6) is 1.30. The minimum Gasteiger partial charge on any atom is -0.492 e. The van der Waals surface area contributed by atoms with E-state index in [4.69, 9.17) is 9.47 Å². The summed E-state index contributed by atoms with van der Waals surface area (Å²) in [6, 6.07) is 7.55. The molecule has 5 nitrogen and oxygen atoms in total. The number of benzene rings is 1. The van der Waals surface area contributed by atoms with Crippen molar-refractivity contribution in [2.24, 2.45) is 5.92 Å². The summed E-state index contributed by atoms with van der Waals surface area (Å²) >= 11 is 0. The maximum atomic E-state index is 12.9. The van der Waals surface area contributed by atoms with Gasteiger partial charge in [0, 0.05) is 38.2 Å². The number of nitrogens with zero attached hydrogens (tertiary/aromatic N) is 1. The molecule has 1 aromatic rings. The molecular formula is C19H28N2O3. The minimum atomic E-state index is 0.105. The van der Waals surface area contributed by atoms with Crippen LogP contribution in [0.25, 0.3) is 0 Å². The zero-order chi connectivity index (χ0) is 16.8. The molecule has 1 amide bonds. The van der Waals surface area contributed by atoms with Crippen molar-refractivity contribution in [1.82, 2.24) is 10.2 Å². The number of fused-ring (bicyclic) bond motifs is 4. The molecule has 0 spiro atoms. The summed E-state index contributed by atoms with van der Waals surface area (Å²) in [6.07, 6.45) is 4.61. The van der Waals surface area contributed by atoms with Gasteiger partial charge in [0.25, 0.3) is 5.91 Å². The van der Waals surface area contributed by atoms with Crippen molar-refractivity contribution in [3.8, 4) is 5.75 Å². The van der Waals surface area contributed by atoms with Gasteiger partial charge in [0.1, 0.15) is 12.4 Å². The molecule has 2 aliphatic rings. The molecule has 2 aliphatic heterocycles. The van der Waals surface area contributed by atoms with Crippen molar-refractivity contribution in [1.29, 1.82) is 0 Å². The second-order valence-corrected chi connectivity index (χ2v) is 6.70. The fourth-order valence-corrected chi connectivity index (χ4v) is 3.71. The molecular weight excluding hydrogens is 304 g/mol. The third kappa shape index (κ3) is 4.28. The Hall–Kier alpha value is -1.59. The minimum absolute atomic E-state index is 0.105. The van der Waals surface area contributed by atoms with Crippen LogP contribution in [-0.4, -0.2) is 56.8 Å². The molecule has 0 unspecified atom stereocenters. The van der Waals surface area contributed by atoms with Crippen LogP contribution >= 0.6 is 0 Å². The van der Waals surface area contributed by atoms with E-state index in [9.17, 15) is 4.79 Å². The van der Waals surface area contributed by atoms with E-state index in [1.165, 1.54) is 0 Å². The van der Waals surface area contributed by atoms with Crippen molar-refractivity contribution in [2.75, 3.05) is 39.9 Å². The maximum absolute atomic E-state index is 12.9. The van der Waals surface area contributed by atoms with Gasteiger partial charge in [0.15, 0.2) is 0 Å². The van der Waals surface area contributed by atoms with Crippen molar-refractivity contribution in [3.63, 3.8) is 0 Å². The third-order valence-electron chi connectivity index (χ3n) is 5.06. The predicted octanol–water partition coefficient (Wildman–Crippen LogP) is 2.32. The van der Waals surface area contributed by atoms with Gasteiger partial charge in [-0.05, 0) is 44.0 Å². The molecule has 0 aromatic heterocycles. The van der Waals surface area contributed by atoms with Crippen LogP contribution in [0.15, 0.2) is 24.3 Å². The Labute approximate surface area is 144 Å². The van der Waals surface area contributed by atoms with Crippen LogP contribution in [0.3, 0.4) is 0 Å². The number of amides is 1. The van der Waals surface area contributed by atoms with Gasteiger partial charge in [-0.1, -0.05) is 12.5 Å². The number of hydrogen-bond acceptors (Lipinski definition) is 4. The van der Waals surface area contributed by atoms with E-state index >= 15 is 0 Å². The van der Waals surface area contributed by atoms with Crippen molar-refractivity contribution >= 4 is 5.91 Å². The van der Waals surface area contributed by atoms with Crippen LogP contribution < -0.4 is 10.1 Å². The number of nitrogens with one attached hydrogen (secondary N) is 1. The average Bonchev–Trinajstić information content (AvgIpc) is 2.63. The second-order valence-electron chi connectivity index (χ2n) is 6.70. The SMILES string of the molecule is CO[C@H]1CCN2C[C@H]1CCCCNCCOc1cccc(c1)C2=O. The summed E-state index contributed by atoms with van der Waals surface area (Å²) in [7, 11) is 1.79. The van der Waals surface area contributed by atoms with Gasteiger partial charge in [-0.15, -0.1) is 0 Å². The Balaban J connectivity index is 1.77. The fourth-order valence-electron chi connectivity index (χ4n) is 3.71. The van der Waals surface area contributed by atoms with Crippen molar-refractivity contribution in [2.45, 2.75) is 31.8 Å². The number of ether oxygens (including phenoxy) is 2. The van der Waals surface area contributed by atoms with Gasteiger partial charge >= 0.3 is 0 Å². The highest BCUT2D eigenvalue weighted by Gasteiger charge is 2.31. The van der Waals surface area contributed by atoms with E-state index in [0.29, 0.717) is 18.1 Å². The lowest BCUT2D eigenvalue weighted by Crippen LogP contribution is -2.46. The molecule has 4 bridgehead atoms. The summed E-state index contributed by atoms with van der Waals surface area (Å²) in [6.45, 7) is 4.01. The topological polar surface area (TPSA) is 50.8 Å². The van der Waals surface area contributed by atoms with E-state index in [1.807, 2.05) is 29.2 Å². The molecule has 132 valence electrons. The molecule has 2 heterocycles. The number of methoxy groups -OCH3 is 1. The molecule has 1 aromatic carbocycles. The highest BCUT2D eigenvalue weighted by atomic mass is 16.5. The first-order valence-corrected chi connectivity index (χ1v) is 9.03. The molecule has 0 saturated carbocycles. The normalized spacial score (nSPS) is 26.2. The molecule has 0 radical (unpaired) electrons. The Morgan fingerprint density at radius 3 is 3.04 bits per heavy atom. The Bertz CT molecular complexity index is 549. The van der Waals surface area contributed by atoms with Crippen molar-refractivity contribution in [3.05, 3.63) is 29.8 Å². The highest BCUT2D eigenvalue weighted by Crippen LogP contribution is 2.26. The molecule has 1 fully saturated rings. The molecule has 0 aliphatic carbocycles. The van der Waals surface area contributed by atoms with Gasteiger partial charge in [-0.3, -0.25) is 4.79 Å². The van der Waals surface area contributed by atoms with Gasteiger partial charge < -0.3 is 19.7 Å². The lowest BCUT2D eigenvalue weighted by molar-refractivity contribution is -0.00657. The molecule has 5 heteroatoms. The average molecular weight is 332 g/mol. The lowest BCUT2D eigenvalue weighted by atomic mass is 9.89. The van der Waals surface area contributed by atoms with Gasteiger partial charge in [-0.25, -0.2) is 0 Å².